The first kappa shape index (κ1) is 41.5. The molecule has 0 saturated heterocycles. The molecule has 5 aromatic rings. The van der Waals surface area contributed by atoms with E-state index in [4.69, 9.17) is 20.0 Å². The zero-order valence-electron chi connectivity index (χ0n) is 35.0. The summed E-state index contributed by atoms with van der Waals surface area (Å²) in [6.45, 7) is 12.3. The van der Waals surface area contributed by atoms with Gasteiger partial charge >= 0.3 is 0 Å². The van der Waals surface area contributed by atoms with Crippen molar-refractivity contribution in [1.82, 2.24) is 19.7 Å². The number of amidine groups is 2. The van der Waals surface area contributed by atoms with Gasteiger partial charge in [0.05, 0.1) is 15.5 Å². The lowest BCUT2D eigenvalue weighted by molar-refractivity contribution is 0.412. The Labute approximate surface area is 363 Å². The molecule has 4 N–H and O–H groups in total. The number of aromatic nitrogens is 1. The van der Waals surface area contributed by atoms with Crippen LogP contribution in [0.5, 0.6) is 0 Å². The molecule has 0 spiro atoms. The molecule has 2 aliphatic carbocycles. The smallest absolute Gasteiger partial charge is 0.241 e. The van der Waals surface area contributed by atoms with E-state index in [1.807, 2.05) is 55.5 Å². The molecule has 14 heteroatoms. The molecule has 2 saturated carbocycles. The van der Waals surface area contributed by atoms with Crippen LogP contribution in [0.1, 0.15) is 111 Å². The number of aromatic amines is 1. The fourth-order valence-corrected chi connectivity index (χ4v) is 12.3. The number of H-pyrrole nitrogens is 1. The largest absolute Gasteiger partial charge is 0.340 e. The van der Waals surface area contributed by atoms with Gasteiger partial charge in [-0.05, 0) is 51.7 Å². The highest BCUT2D eigenvalue weighted by atomic mass is 32.2. The molecule has 9 rings (SSSR count). The Morgan fingerprint density at radius 3 is 1.95 bits per heavy atom. The number of nitrogens with zero attached hydrogens (tertiary/aromatic N) is 4. The lowest BCUT2D eigenvalue weighted by Crippen LogP contribution is -2.37. The van der Waals surface area contributed by atoms with Crippen molar-refractivity contribution in [3.8, 4) is 0 Å². The number of nitrogens with one attached hydrogen (secondary N) is 4. The molecule has 4 aromatic carbocycles. The molecule has 2 fully saturated rings. The maximum absolute atomic E-state index is 14.5. The van der Waals surface area contributed by atoms with Crippen molar-refractivity contribution in [3.05, 3.63) is 131 Å². The Kier molecular flexibility index (Phi) is 11.3. The maximum Gasteiger partial charge on any atom is 0.241 e. The number of benzene rings is 4. The van der Waals surface area contributed by atoms with Gasteiger partial charge in [-0.2, -0.15) is 0 Å². The highest BCUT2D eigenvalue weighted by molar-refractivity contribution is 7.90. The maximum atomic E-state index is 14.5. The highest BCUT2D eigenvalue weighted by Crippen LogP contribution is 2.38. The minimum absolute atomic E-state index is 0.0380. The van der Waals surface area contributed by atoms with Crippen LogP contribution in [-0.4, -0.2) is 57.0 Å². The van der Waals surface area contributed by atoms with E-state index in [2.05, 4.69) is 32.9 Å². The Balaban J connectivity index is 1.15. The highest BCUT2D eigenvalue weighted by Gasteiger charge is 2.33. The van der Waals surface area contributed by atoms with Crippen LogP contribution in [0, 0.1) is 0 Å². The summed E-state index contributed by atoms with van der Waals surface area (Å²) in [6.07, 6.45) is 9.09. The Morgan fingerprint density at radius 1 is 0.710 bits per heavy atom. The Morgan fingerprint density at radius 2 is 1.27 bits per heavy atom. The number of sulfonamides is 2. The summed E-state index contributed by atoms with van der Waals surface area (Å²) >= 11 is 0. The lowest BCUT2D eigenvalue weighted by atomic mass is 9.96. The standard InChI is InChI=1S/C48H50N8O4S2/c1-29-35-21-11-12-22-38(35)45(49-29)53-47-40-24-14-13-23-39(40)46(54-47)52-32(4)43-36(25-15-27-41(43)61(57,58)55-33-17-7-5-8-18-33)30(2)50-48-44-37(31(3)51-48)26-16-28-42(44)62(59,60)56-34-19-9-6-10-20-34/h11-16,21-28,33-34,54-56H,2-3,5-10,17-20H2,1,4H3,(H,50,51)/b52-32+,53-45-. The van der Waals surface area contributed by atoms with Crippen LogP contribution >= 0.6 is 0 Å². The van der Waals surface area contributed by atoms with Crippen LogP contribution in [-0.2, 0) is 20.0 Å². The van der Waals surface area contributed by atoms with Gasteiger partial charge in [0.15, 0.2) is 5.84 Å². The molecule has 12 nitrogen and oxygen atoms in total. The summed E-state index contributed by atoms with van der Waals surface area (Å²) in [7, 11) is -8.03. The average molecular weight is 867 g/mol. The normalized spacial score (nSPS) is 18.9. The molecular formula is C48H50N8O4S2. The molecule has 4 aliphatic rings. The van der Waals surface area contributed by atoms with Gasteiger partial charge in [0.25, 0.3) is 0 Å². The van der Waals surface area contributed by atoms with E-state index < -0.39 is 20.0 Å². The summed E-state index contributed by atoms with van der Waals surface area (Å²) in [4.78, 5) is 23.3. The monoisotopic (exact) mass is 866 g/mol. The molecule has 3 heterocycles. The van der Waals surface area contributed by atoms with Gasteiger partial charge in [0.2, 0.25) is 20.0 Å². The van der Waals surface area contributed by atoms with Crippen molar-refractivity contribution in [2.75, 3.05) is 0 Å². The zero-order valence-corrected chi connectivity index (χ0v) is 36.6. The van der Waals surface area contributed by atoms with Gasteiger partial charge < -0.3 is 10.3 Å². The van der Waals surface area contributed by atoms with Crippen LogP contribution < -0.4 is 14.8 Å². The van der Waals surface area contributed by atoms with E-state index in [-0.39, 0.29) is 33.4 Å². The van der Waals surface area contributed by atoms with Crippen LogP contribution in [0.15, 0.2) is 128 Å². The zero-order chi connectivity index (χ0) is 43.2. The third-order valence-corrected chi connectivity index (χ3v) is 15.4. The van der Waals surface area contributed by atoms with Crippen LogP contribution in [0.3, 0.4) is 0 Å². The van der Waals surface area contributed by atoms with Crippen LogP contribution in [0.25, 0.3) is 22.2 Å². The summed E-state index contributed by atoms with van der Waals surface area (Å²) in [5, 5.41) is 4.82. The predicted octanol–water partition coefficient (Wildman–Crippen LogP) is 9.42. The molecule has 0 amide bonds. The third-order valence-electron chi connectivity index (χ3n) is 12.2. The van der Waals surface area contributed by atoms with Gasteiger partial charge in [-0.3, -0.25) is 0 Å². The number of rotatable bonds is 11. The second-order valence-corrected chi connectivity index (χ2v) is 19.9. The topological polar surface area (TPSA) is 170 Å². The lowest BCUT2D eigenvalue weighted by Gasteiger charge is -2.24. The molecule has 0 bridgehead atoms. The van der Waals surface area contributed by atoms with Crippen molar-refractivity contribution in [3.63, 3.8) is 0 Å². The van der Waals surface area contributed by atoms with Gasteiger partial charge in [0.1, 0.15) is 17.5 Å². The third kappa shape index (κ3) is 8.03. The van der Waals surface area contributed by atoms with E-state index >= 15 is 0 Å². The van der Waals surface area contributed by atoms with Gasteiger partial charge in [-0.1, -0.05) is 124 Å². The first-order chi connectivity index (χ1) is 29.9. The summed E-state index contributed by atoms with van der Waals surface area (Å²) < 4.78 is 62.9. The van der Waals surface area contributed by atoms with Gasteiger partial charge in [0, 0.05) is 73.4 Å². The molecule has 0 atom stereocenters. The van der Waals surface area contributed by atoms with E-state index in [0.717, 1.165) is 91.8 Å². The minimum Gasteiger partial charge on any atom is -0.340 e. The van der Waals surface area contributed by atoms with Gasteiger partial charge in [-0.15, -0.1) is 0 Å². The number of hydrogen-bond donors (Lipinski definition) is 4. The van der Waals surface area contributed by atoms with Crippen molar-refractivity contribution < 1.29 is 16.8 Å². The molecule has 2 aliphatic heterocycles. The van der Waals surface area contributed by atoms with E-state index in [9.17, 15) is 16.8 Å². The molecule has 1 aromatic heterocycles. The summed E-state index contributed by atoms with van der Waals surface area (Å²) in [5.41, 5.74) is 5.66. The number of hydrogen-bond acceptors (Lipinski definition) is 7. The van der Waals surface area contributed by atoms with Crippen molar-refractivity contribution in [2.24, 2.45) is 20.0 Å². The average Bonchev–Trinajstić information content (AvgIpc) is 3.90. The fourth-order valence-electron chi connectivity index (χ4n) is 9.18. The van der Waals surface area contributed by atoms with Crippen LogP contribution in [0.4, 0.5) is 11.6 Å². The van der Waals surface area contributed by atoms with E-state index in [1.54, 1.807) is 43.3 Å². The number of aliphatic imine (C=N–C) groups is 4. The first-order valence-electron chi connectivity index (χ1n) is 21.3. The summed E-state index contributed by atoms with van der Waals surface area (Å²) in [6, 6.07) is 25.5. The Hall–Kier alpha value is -5.80. The first-order valence-corrected chi connectivity index (χ1v) is 24.3. The van der Waals surface area contributed by atoms with Crippen molar-refractivity contribution >= 4 is 76.9 Å². The van der Waals surface area contributed by atoms with E-state index in [1.165, 1.54) is 0 Å². The van der Waals surface area contributed by atoms with E-state index in [0.29, 0.717) is 51.1 Å². The second-order valence-electron chi connectivity index (χ2n) is 16.5. The second kappa shape index (κ2) is 16.8. The van der Waals surface area contributed by atoms with Crippen LogP contribution in [0.2, 0.25) is 0 Å². The molecule has 318 valence electrons. The molecule has 0 unspecified atom stereocenters. The molecular weight excluding hydrogens is 817 g/mol. The quantitative estimate of drug-likeness (QED) is 0.0969. The molecule has 62 heavy (non-hydrogen) atoms. The van der Waals surface area contributed by atoms with Gasteiger partial charge in [-0.25, -0.2) is 46.2 Å². The SMILES string of the molecule is C=C1N/C(=N\C(=C)c2cccc(S(=O)(=O)NC3CCCCC3)c2/C(C)=N/c2[nH]c(/N=C3\N=C(C)c4ccccc43)c3ccccc23)c2c1cccc2S(=O)(=O)NC1CCCCC1. The minimum atomic E-state index is -4.08. The number of fused-ring (bicyclic) bond motifs is 3. The molecule has 0 radical (unpaired) electrons. The Bertz CT molecular complexity index is 3000. The van der Waals surface area contributed by atoms with Crippen molar-refractivity contribution in [1.29, 1.82) is 0 Å². The fraction of sp³-hybridized carbons (Fsp3) is 0.292. The predicted molar refractivity (Wildman–Crippen MR) is 250 cm³/mol. The summed E-state index contributed by atoms with van der Waals surface area (Å²) in [5.74, 6) is 1.90. The van der Waals surface area contributed by atoms with Crippen molar-refractivity contribution in [2.45, 2.75) is 99.9 Å².